The number of hydrogen-bond donors (Lipinski definition) is 1. The third-order valence-corrected chi connectivity index (χ3v) is 2.78. The largest absolute Gasteiger partial charge is 0.297 e. The summed E-state index contributed by atoms with van der Waals surface area (Å²) in [5, 5.41) is 0. The first-order valence-corrected chi connectivity index (χ1v) is 6.20. The van der Waals surface area contributed by atoms with Gasteiger partial charge in [0.25, 0.3) is 0 Å². The monoisotopic (exact) mass is 241 g/mol. The van der Waals surface area contributed by atoms with Crippen LogP contribution in [-0.2, 0) is 18.0 Å². The highest BCUT2D eigenvalue weighted by atomic mass is 16.6. The maximum atomic E-state index is 5.47. The van der Waals surface area contributed by atoms with Gasteiger partial charge in [0.15, 0.2) is 0 Å². The lowest BCUT2D eigenvalue weighted by Crippen LogP contribution is -2.13. The fourth-order valence-electron chi connectivity index (χ4n) is 1.89. The van der Waals surface area contributed by atoms with Gasteiger partial charge in [-0.15, -0.1) is 0 Å². The minimum Gasteiger partial charge on any atom is -0.297 e. The minimum absolute atomic E-state index is 0.591. The van der Waals surface area contributed by atoms with Crippen LogP contribution in [0.5, 0.6) is 0 Å². The average molecular weight is 241 g/mol. The highest BCUT2D eigenvalue weighted by Gasteiger charge is 1.95. The topological polar surface area (TPSA) is 21.3 Å². The normalized spacial score (nSPS) is 10.6. The van der Waals surface area contributed by atoms with Crippen molar-refractivity contribution in [1.29, 1.82) is 0 Å². The molecule has 0 aliphatic rings. The number of rotatable bonds is 5. The molecule has 2 nitrogen and oxygen atoms in total. The maximum absolute atomic E-state index is 5.47. The summed E-state index contributed by atoms with van der Waals surface area (Å²) in [6.45, 7) is 5.50. The van der Waals surface area contributed by atoms with E-state index in [0.29, 0.717) is 6.61 Å². The molecule has 2 heteroatoms. The van der Waals surface area contributed by atoms with Gasteiger partial charge in [-0.2, -0.15) is 5.48 Å². The number of hydroxylamine groups is 1. The first-order valence-electron chi connectivity index (χ1n) is 6.20. The fraction of sp³-hybridized carbons (Fsp3) is 0.250. The van der Waals surface area contributed by atoms with E-state index in [1.54, 1.807) is 0 Å². The van der Waals surface area contributed by atoms with Crippen LogP contribution >= 0.6 is 0 Å². The van der Waals surface area contributed by atoms with E-state index in [4.69, 9.17) is 4.84 Å². The van der Waals surface area contributed by atoms with Gasteiger partial charge in [-0.3, -0.25) is 4.84 Å². The lowest BCUT2D eigenvalue weighted by atomic mass is 10.1. The summed E-state index contributed by atoms with van der Waals surface area (Å²) >= 11 is 0. The molecule has 0 spiro atoms. The van der Waals surface area contributed by atoms with E-state index < -0.39 is 0 Å². The lowest BCUT2D eigenvalue weighted by Gasteiger charge is -2.07. The number of nitrogens with one attached hydrogen (secondary N) is 1. The molecule has 2 aromatic rings. The predicted molar refractivity (Wildman–Crippen MR) is 74.0 cm³/mol. The van der Waals surface area contributed by atoms with Crippen molar-refractivity contribution >= 4 is 0 Å². The first kappa shape index (κ1) is 12.8. The summed E-state index contributed by atoms with van der Waals surface area (Å²) in [6, 6.07) is 16.7. The Bertz CT molecular complexity index is 460. The molecular weight excluding hydrogens is 222 g/mol. The summed E-state index contributed by atoms with van der Waals surface area (Å²) < 4.78 is 0. The Labute approximate surface area is 109 Å². The Balaban J connectivity index is 1.76. The molecule has 0 heterocycles. The van der Waals surface area contributed by atoms with Crippen molar-refractivity contribution in [3.63, 3.8) is 0 Å². The van der Waals surface area contributed by atoms with Gasteiger partial charge >= 0.3 is 0 Å². The Morgan fingerprint density at radius 2 is 1.50 bits per heavy atom. The summed E-state index contributed by atoms with van der Waals surface area (Å²) in [4.78, 5) is 5.47. The lowest BCUT2D eigenvalue weighted by molar-refractivity contribution is 0.0235. The van der Waals surface area contributed by atoms with Gasteiger partial charge in [-0.05, 0) is 25.0 Å². The number of benzene rings is 2. The second kappa shape index (κ2) is 6.34. The molecule has 0 atom stereocenters. The van der Waals surface area contributed by atoms with Crippen LogP contribution in [0.15, 0.2) is 48.5 Å². The van der Waals surface area contributed by atoms with E-state index in [1.807, 2.05) is 0 Å². The molecule has 0 fully saturated rings. The zero-order chi connectivity index (χ0) is 12.8. The van der Waals surface area contributed by atoms with Crippen LogP contribution in [0.1, 0.15) is 22.3 Å². The van der Waals surface area contributed by atoms with E-state index in [9.17, 15) is 0 Å². The van der Waals surface area contributed by atoms with E-state index in [-0.39, 0.29) is 0 Å². The van der Waals surface area contributed by atoms with Crippen LogP contribution in [0.25, 0.3) is 0 Å². The van der Waals surface area contributed by atoms with Crippen LogP contribution in [0.2, 0.25) is 0 Å². The molecule has 0 unspecified atom stereocenters. The molecule has 1 N–H and O–H groups in total. The van der Waals surface area contributed by atoms with E-state index in [2.05, 4.69) is 67.9 Å². The van der Waals surface area contributed by atoms with Crippen molar-refractivity contribution in [3.8, 4) is 0 Å². The van der Waals surface area contributed by atoms with Crippen molar-refractivity contribution < 1.29 is 4.84 Å². The van der Waals surface area contributed by atoms with Crippen molar-refractivity contribution in [3.05, 3.63) is 70.8 Å². The van der Waals surface area contributed by atoms with E-state index in [1.165, 1.54) is 22.3 Å². The Hall–Kier alpha value is -1.64. The molecule has 0 aliphatic carbocycles. The molecule has 0 aliphatic heterocycles. The van der Waals surface area contributed by atoms with Gasteiger partial charge in [0.05, 0.1) is 6.61 Å². The Kier molecular flexibility index (Phi) is 4.51. The SMILES string of the molecule is Cc1cccc(CNOCc2cccc(C)c2)c1. The smallest absolute Gasteiger partial charge is 0.0933 e. The Morgan fingerprint density at radius 1 is 0.889 bits per heavy atom. The molecule has 18 heavy (non-hydrogen) atoms. The Morgan fingerprint density at radius 3 is 2.17 bits per heavy atom. The molecule has 94 valence electrons. The molecule has 2 rings (SSSR count). The van der Waals surface area contributed by atoms with Crippen molar-refractivity contribution in [2.45, 2.75) is 27.0 Å². The molecule has 2 aromatic carbocycles. The minimum atomic E-state index is 0.591. The fourth-order valence-corrected chi connectivity index (χ4v) is 1.89. The maximum Gasteiger partial charge on any atom is 0.0933 e. The van der Waals surface area contributed by atoms with E-state index in [0.717, 1.165) is 6.54 Å². The van der Waals surface area contributed by atoms with Crippen LogP contribution in [0, 0.1) is 13.8 Å². The summed E-state index contributed by atoms with van der Waals surface area (Å²) in [5.41, 5.74) is 7.95. The van der Waals surface area contributed by atoms with Crippen LogP contribution in [0.4, 0.5) is 0 Å². The summed E-state index contributed by atoms with van der Waals surface area (Å²) in [6.07, 6.45) is 0. The average Bonchev–Trinajstić information content (AvgIpc) is 2.35. The number of hydrogen-bond acceptors (Lipinski definition) is 2. The molecule has 0 bridgehead atoms. The molecule has 0 amide bonds. The van der Waals surface area contributed by atoms with Crippen LogP contribution in [0.3, 0.4) is 0 Å². The van der Waals surface area contributed by atoms with Crippen molar-refractivity contribution in [1.82, 2.24) is 5.48 Å². The second-order valence-corrected chi connectivity index (χ2v) is 4.59. The zero-order valence-electron chi connectivity index (χ0n) is 10.9. The second-order valence-electron chi connectivity index (χ2n) is 4.59. The van der Waals surface area contributed by atoms with E-state index >= 15 is 0 Å². The van der Waals surface area contributed by atoms with Gasteiger partial charge in [0.2, 0.25) is 0 Å². The van der Waals surface area contributed by atoms with Gasteiger partial charge in [0, 0.05) is 6.54 Å². The number of aryl methyl sites for hydroxylation is 2. The van der Waals surface area contributed by atoms with Gasteiger partial charge in [-0.25, -0.2) is 0 Å². The van der Waals surface area contributed by atoms with Crippen LogP contribution < -0.4 is 5.48 Å². The first-order chi connectivity index (χ1) is 8.74. The predicted octanol–water partition coefficient (Wildman–Crippen LogP) is 3.52. The van der Waals surface area contributed by atoms with Gasteiger partial charge in [-0.1, -0.05) is 59.7 Å². The highest BCUT2D eigenvalue weighted by Crippen LogP contribution is 2.06. The summed E-state index contributed by atoms with van der Waals surface area (Å²) in [5.74, 6) is 0. The van der Waals surface area contributed by atoms with Crippen LogP contribution in [-0.4, -0.2) is 0 Å². The quantitative estimate of drug-likeness (QED) is 0.638. The summed E-state index contributed by atoms with van der Waals surface area (Å²) in [7, 11) is 0. The van der Waals surface area contributed by atoms with Crippen molar-refractivity contribution in [2.24, 2.45) is 0 Å². The molecule has 0 saturated carbocycles. The molecule has 0 saturated heterocycles. The zero-order valence-corrected chi connectivity index (χ0v) is 10.9. The van der Waals surface area contributed by atoms with Gasteiger partial charge in [0.1, 0.15) is 0 Å². The highest BCUT2D eigenvalue weighted by molar-refractivity contribution is 5.22. The molecule has 0 radical (unpaired) electrons. The third kappa shape index (κ3) is 3.99. The standard InChI is InChI=1S/C16H19NO/c1-13-5-3-7-15(9-13)11-17-18-12-16-8-4-6-14(2)10-16/h3-10,17H,11-12H2,1-2H3. The van der Waals surface area contributed by atoms with Gasteiger partial charge < -0.3 is 0 Å². The van der Waals surface area contributed by atoms with Crippen molar-refractivity contribution in [2.75, 3.05) is 0 Å². The third-order valence-electron chi connectivity index (χ3n) is 2.78. The molecular formula is C16H19NO. The molecule has 0 aromatic heterocycles.